The molecule has 3 aromatic rings. The molecule has 7 nitrogen and oxygen atoms in total. The van der Waals surface area contributed by atoms with Crippen LogP contribution in [0.1, 0.15) is 25.8 Å². The van der Waals surface area contributed by atoms with Crippen LogP contribution in [0, 0.1) is 17.2 Å². The summed E-state index contributed by atoms with van der Waals surface area (Å²) >= 11 is 0.721. The molecule has 170 valence electrons. The molecule has 3 rings (SSSR count). The van der Waals surface area contributed by atoms with E-state index in [1.165, 1.54) is 30.5 Å². The number of sulfone groups is 1. The Kier molecular flexibility index (Phi) is 6.61. The number of nitrogens with zero attached hydrogens (tertiary/aromatic N) is 3. The molecule has 0 radical (unpaired) electrons. The lowest BCUT2D eigenvalue weighted by atomic mass is 9.96. The third-order valence-electron chi connectivity index (χ3n) is 4.27. The number of halogens is 2. The Labute approximate surface area is 188 Å². The molecular weight excluding hydrogens is 460 g/mol. The summed E-state index contributed by atoms with van der Waals surface area (Å²) < 4.78 is 54.4. The van der Waals surface area contributed by atoms with Crippen LogP contribution in [-0.2, 0) is 16.4 Å². The van der Waals surface area contributed by atoms with Crippen LogP contribution in [0.25, 0.3) is 11.3 Å². The van der Waals surface area contributed by atoms with Crippen LogP contribution in [0.4, 0.5) is 13.6 Å². The Morgan fingerprint density at radius 3 is 2.50 bits per heavy atom. The van der Waals surface area contributed by atoms with Gasteiger partial charge in [-0.3, -0.25) is 0 Å². The van der Waals surface area contributed by atoms with Gasteiger partial charge in [0.05, 0.1) is 17.0 Å². The Morgan fingerprint density at radius 2 is 1.91 bits per heavy atom. The number of carboxylic acid groups (broad SMARTS) is 1. The van der Waals surface area contributed by atoms with E-state index >= 15 is 0 Å². The zero-order chi connectivity index (χ0) is 23.7. The lowest BCUT2D eigenvalue weighted by Gasteiger charge is -2.27. The molecule has 0 aliphatic heterocycles. The third-order valence-corrected chi connectivity index (χ3v) is 7.57. The van der Waals surface area contributed by atoms with Crippen molar-refractivity contribution < 1.29 is 27.1 Å². The zero-order valence-corrected chi connectivity index (χ0v) is 19.2. The SMILES string of the molecule is CC(C)(C)CN(Cc1nc(-c2cccnc2F)c(S(=O)(=O)c2cccc(F)c2)s1)C(=O)O. The summed E-state index contributed by atoms with van der Waals surface area (Å²) in [5.41, 5.74) is -0.701. The van der Waals surface area contributed by atoms with E-state index in [9.17, 15) is 27.1 Å². The van der Waals surface area contributed by atoms with Gasteiger partial charge in [0.25, 0.3) is 0 Å². The van der Waals surface area contributed by atoms with Crippen molar-refractivity contribution in [1.82, 2.24) is 14.9 Å². The molecule has 2 aromatic heterocycles. The summed E-state index contributed by atoms with van der Waals surface area (Å²) in [6, 6.07) is 7.21. The summed E-state index contributed by atoms with van der Waals surface area (Å²) in [6.45, 7) is 5.57. The van der Waals surface area contributed by atoms with E-state index in [1.54, 1.807) is 0 Å². The summed E-state index contributed by atoms with van der Waals surface area (Å²) in [5.74, 6) is -1.67. The predicted molar refractivity (Wildman–Crippen MR) is 115 cm³/mol. The van der Waals surface area contributed by atoms with Gasteiger partial charge in [-0.05, 0) is 35.7 Å². The molecule has 0 aliphatic rings. The highest BCUT2D eigenvalue weighted by molar-refractivity contribution is 7.93. The van der Waals surface area contributed by atoms with Crippen LogP contribution in [0.5, 0.6) is 0 Å². The van der Waals surface area contributed by atoms with Gasteiger partial charge in [0, 0.05) is 12.7 Å². The molecule has 1 amide bonds. The summed E-state index contributed by atoms with van der Waals surface area (Å²) in [5, 5.41) is 9.73. The van der Waals surface area contributed by atoms with Gasteiger partial charge >= 0.3 is 6.09 Å². The van der Waals surface area contributed by atoms with E-state index in [0.29, 0.717) is 0 Å². The molecular formula is C21H21F2N3O4S2. The molecule has 2 heterocycles. The lowest BCUT2D eigenvalue weighted by Crippen LogP contribution is -2.36. The molecule has 0 aliphatic carbocycles. The highest BCUT2D eigenvalue weighted by atomic mass is 32.2. The second-order valence-corrected chi connectivity index (χ2v) is 11.5. The standard InChI is InChI=1S/C21H21F2N3O4S2/c1-21(2,3)12-26(20(27)28)11-16-25-17(15-8-5-9-24-18(15)23)19(31-16)32(29,30)14-7-4-6-13(22)10-14/h4-10H,11-12H2,1-3H3,(H,27,28). The van der Waals surface area contributed by atoms with Crippen molar-refractivity contribution in [3.05, 3.63) is 59.4 Å². The predicted octanol–water partition coefficient (Wildman–Crippen LogP) is 4.84. The van der Waals surface area contributed by atoms with Gasteiger partial charge in [-0.1, -0.05) is 26.8 Å². The van der Waals surface area contributed by atoms with E-state index < -0.39 is 27.7 Å². The number of hydrogen-bond acceptors (Lipinski definition) is 6. The smallest absolute Gasteiger partial charge is 0.407 e. The maximum atomic E-state index is 14.4. The van der Waals surface area contributed by atoms with Crippen LogP contribution in [0.3, 0.4) is 0 Å². The van der Waals surface area contributed by atoms with Crippen LogP contribution in [0.15, 0.2) is 51.7 Å². The fourth-order valence-corrected chi connectivity index (χ4v) is 5.99. The van der Waals surface area contributed by atoms with Gasteiger partial charge in [-0.15, -0.1) is 11.3 Å². The van der Waals surface area contributed by atoms with Crippen molar-refractivity contribution in [3.63, 3.8) is 0 Å². The van der Waals surface area contributed by atoms with Crippen molar-refractivity contribution in [2.75, 3.05) is 6.54 Å². The summed E-state index contributed by atoms with van der Waals surface area (Å²) in [4.78, 5) is 20.3. The number of aromatic nitrogens is 2. The monoisotopic (exact) mass is 481 g/mol. The molecule has 0 atom stereocenters. The highest BCUT2D eigenvalue weighted by Crippen LogP contribution is 2.37. The molecule has 1 N–H and O–H groups in total. The second-order valence-electron chi connectivity index (χ2n) is 8.25. The van der Waals surface area contributed by atoms with E-state index in [1.807, 2.05) is 20.8 Å². The Bertz CT molecular complexity index is 1250. The minimum absolute atomic E-state index is 0.150. The summed E-state index contributed by atoms with van der Waals surface area (Å²) in [6.07, 6.45) is 0.0151. The topological polar surface area (TPSA) is 100 Å². The number of pyridine rings is 1. The van der Waals surface area contributed by atoms with E-state index in [0.717, 1.165) is 28.4 Å². The van der Waals surface area contributed by atoms with Crippen LogP contribution in [0.2, 0.25) is 0 Å². The molecule has 0 unspecified atom stereocenters. The maximum absolute atomic E-state index is 14.4. The molecule has 0 saturated carbocycles. The fourth-order valence-electron chi connectivity index (χ4n) is 3.00. The zero-order valence-electron chi connectivity index (χ0n) is 17.5. The Morgan fingerprint density at radius 1 is 1.19 bits per heavy atom. The van der Waals surface area contributed by atoms with Crippen molar-refractivity contribution in [1.29, 1.82) is 0 Å². The molecule has 0 spiro atoms. The molecule has 11 heteroatoms. The van der Waals surface area contributed by atoms with E-state index in [2.05, 4.69) is 9.97 Å². The largest absolute Gasteiger partial charge is 0.465 e. The van der Waals surface area contributed by atoms with E-state index in [-0.39, 0.29) is 43.9 Å². The number of benzene rings is 1. The number of carbonyl (C=O) groups is 1. The average molecular weight is 482 g/mol. The first kappa shape index (κ1) is 23.7. The maximum Gasteiger partial charge on any atom is 0.407 e. The molecule has 0 saturated heterocycles. The molecule has 0 bridgehead atoms. The van der Waals surface area contributed by atoms with Crippen LogP contribution >= 0.6 is 11.3 Å². The van der Waals surface area contributed by atoms with Gasteiger partial charge in [-0.25, -0.2) is 27.6 Å². The average Bonchev–Trinajstić information content (AvgIpc) is 3.11. The van der Waals surface area contributed by atoms with Crippen LogP contribution in [-0.4, -0.2) is 41.0 Å². The lowest BCUT2D eigenvalue weighted by molar-refractivity contribution is 0.123. The van der Waals surface area contributed by atoms with Gasteiger partial charge < -0.3 is 10.0 Å². The number of amides is 1. The van der Waals surface area contributed by atoms with Crippen molar-refractivity contribution in [3.8, 4) is 11.3 Å². The minimum Gasteiger partial charge on any atom is -0.465 e. The first-order valence-electron chi connectivity index (χ1n) is 9.47. The van der Waals surface area contributed by atoms with Crippen molar-refractivity contribution in [2.24, 2.45) is 5.41 Å². The van der Waals surface area contributed by atoms with E-state index in [4.69, 9.17) is 0 Å². The first-order valence-corrected chi connectivity index (χ1v) is 11.8. The number of thiazole rings is 1. The van der Waals surface area contributed by atoms with Gasteiger partial charge in [-0.2, -0.15) is 4.39 Å². The first-order chi connectivity index (χ1) is 14.9. The number of rotatable bonds is 6. The van der Waals surface area contributed by atoms with Crippen molar-refractivity contribution >= 4 is 27.3 Å². The fraction of sp³-hybridized carbons (Fsp3) is 0.286. The Balaban J connectivity index is 2.15. The molecule has 1 aromatic carbocycles. The molecule has 0 fully saturated rings. The molecule has 32 heavy (non-hydrogen) atoms. The van der Waals surface area contributed by atoms with Crippen LogP contribution < -0.4 is 0 Å². The summed E-state index contributed by atoms with van der Waals surface area (Å²) in [7, 11) is -4.27. The minimum atomic E-state index is -4.27. The van der Waals surface area contributed by atoms with Gasteiger partial charge in [0.2, 0.25) is 15.8 Å². The second kappa shape index (κ2) is 8.91. The van der Waals surface area contributed by atoms with Gasteiger partial charge in [0.1, 0.15) is 16.5 Å². The quantitative estimate of drug-likeness (QED) is 0.506. The highest BCUT2D eigenvalue weighted by Gasteiger charge is 2.30. The van der Waals surface area contributed by atoms with Crippen molar-refractivity contribution in [2.45, 2.75) is 36.4 Å². The number of hydrogen-bond donors (Lipinski definition) is 1. The normalized spacial score (nSPS) is 12.0. The Hall–Kier alpha value is -2.92. The van der Waals surface area contributed by atoms with Gasteiger partial charge in [0.15, 0.2) is 4.21 Å². The third kappa shape index (κ3) is 5.28.